The van der Waals surface area contributed by atoms with Gasteiger partial charge in [0, 0.05) is 29.4 Å². The van der Waals surface area contributed by atoms with E-state index in [0.717, 1.165) is 10.0 Å². The van der Waals surface area contributed by atoms with Crippen molar-refractivity contribution in [1.82, 2.24) is 5.32 Å². The molecular formula is C12H14BrF2N. The summed E-state index contributed by atoms with van der Waals surface area (Å²) in [7, 11) is 0. The molecule has 0 amide bonds. The van der Waals surface area contributed by atoms with Crippen molar-refractivity contribution < 1.29 is 8.78 Å². The van der Waals surface area contributed by atoms with Gasteiger partial charge in [-0.25, -0.2) is 8.78 Å². The number of alkyl halides is 2. The van der Waals surface area contributed by atoms with Crippen molar-refractivity contribution >= 4 is 15.9 Å². The van der Waals surface area contributed by atoms with Crippen LogP contribution in [-0.4, -0.2) is 12.5 Å². The van der Waals surface area contributed by atoms with Crippen molar-refractivity contribution in [3.63, 3.8) is 0 Å². The maximum atomic E-state index is 13.4. The van der Waals surface area contributed by atoms with E-state index in [-0.39, 0.29) is 12.8 Å². The number of benzene rings is 1. The van der Waals surface area contributed by atoms with Gasteiger partial charge in [-0.2, -0.15) is 0 Å². The SMILES string of the molecule is CC1(c2ccc(Br)cc2)CC(F)(F)CCN1. The fourth-order valence-electron chi connectivity index (χ4n) is 2.21. The Morgan fingerprint density at radius 2 is 1.88 bits per heavy atom. The van der Waals surface area contributed by atoms with Crippen molar-refractivity contribution in [2.75, 3.05) is 6.54 Å². The Morgan fingerprint density at radius 1 is 1.25 bits per heavy atom. The zero-order chi connectivity index (χ0) is 11.8. The second kappa shape index (κ2) is 4.08. The lowest BCUT2D eigenvalue weighted by Gasteiger charge is -2.39. The van der Waals surface area contributed by atoms with E-state index >= 15 is 0 Å². The first-order chi connectivity index (χ1) is 7.41. The molecule has 1 nitrogen and oxygen atoms in total. The van der Waals surface area contributed by atoms with Gasteiger partial charge in [-0.05, 0) is 24.6 Å². The quantitative estimate of drug-likeness (QED) is 0.832. The third-order valence-corrected chi connectivity index (χ3v) is 3.63. The summed E-state index contributed by atoms with van der Waals surface area (Å²) < 4.78 is 27.8. The molecule has 1 fully saturated rings. The fourth-order valence-corrected chi connectivity index (χ4v) is 2.48. The lowest BCUT2D eigenvalue weighted by Crippen LogP contribution is -2.50. The molecule has 88 valence electrons. The minimum atomic E-state index is -2.56. The van der Waals surface area contributed by atoms with Crippen LogP contribution in [0.3, 0.4) is 0 Å². The molecule has 1 atom stereocenters. The Labute approximate surface area is 102 Å². The molecule has 1 unspecified atom stereocenters. The van der Waals surface area contributed by atoms with Crippen LogP contribution in [-0.2, 0) is 5.54 Å². The maximum Gasteiger partial charge on any atom is 0.251 e. The van der Waals surface area contributed by atoms with Crippen molar-refractivity contribution in [1.29, 1.82) is 0 Å². The van der Waals surface area contributed by atoms with Gasteiger partial charge in [0.25, 0.3) is 5.92 Å². The molecule has 16 heavy (non-hydrogen) atoms. The summed E-state index contributed by atoms with van der Waals surface area (Å²) in [6.45, 7) is 2.20. The Morgan fingerprint density at radius 3 is 2.44 bits per heavy atom. The molecule has 1 saturated heterocycles. The van der Waals surface area contributed by atoms with Crippen LogP contribution in [0.25, 0.3) is 0 Å². The van der Waals surface area contributed by atoms with E-state index in [1.54, 1.807) is 0 Å². The molecule has 1 heterocycles. The highest BCUT2D eigenvalue weighted by molar-refractivity contribution is 9.10. The molecule has 1 aromatic carbocycles. The zero-order valence-corrected chi connectivity index (χ0v) is 10.7. The van der Waals surface area contributed by atoms with E-state index in [1.807, 2.05) is 31.2 Å². The average Bonchev–Trinajstić information content (AvgIpc) is 2.16. The highest BCUT2D eigenvalue weighted by Gasteiger charge is 2.43. The van der Waals surface area contributed by atoms with Gasteiger partial charge in [-0.1, -0.05) is 28.1 Å². The first-order valence-electron chi connectivity index (χ1n) is 5.30. The van der Waals surface area contributed by atoms with Crippen LogP contribution in [0.2, 0.25) is 0 Å². The largest absolute Gasteiger partial charge is 0.307 e. The molecule has 2 rings (SSSR count). The third-order valence-electron chi connectivity index (χ3n) is 3.10. The van der Waals surface area contributed by atoms with Gasteiger partial charge >= 0.3 is 0 Å². The minimum Gasteiger partial charge on any atom is -0.307 e. The molecule has 0 bridgehead atoms. The van der Waals surface area contributed by atoms with Crippen LogP contribution in [0.5, 0.6) is 0 Å². The van der Waals surface area contributed by atoms with E-state index in [4.69, 9.17) is 0 Å². The van der Waals surface area contributed by atoms with E-state index in [1.165, 1.54) is 0 Å². The summed E-state index contributed by atoms with van der Waals surface area (Å²) in [6.07, 6.45) is -0.208. The van der Waals surface area contributed by atoms with Gasteiger partial charge in [0.05, 0.1) is 0 Å². The number of rotatable bonds is 1. The topological polar surface area (TPSA) is 12.0 Å². The highest BCUT2D eigenvalue weighted by Crippen LogP contribution is 2.38. The van der Waals surface area contributed by atoms with Crippen molar-refractivity contribution in [2.24, 2.45) is 0 Å². The van der Waals surface area contributed by atoms with Crippen molar-refractivity contribution in [2.45, 2.75) is 31.2 Å². The Hall–Kier alpha value is -0.480. The first-order valence-corrected chi connectivity index (χ1v) is 6.10. The van der Waals surface area contributed by atoms with Crippen molar-refractivity contribution in [3.8, 4) is 0 Å². The van der Waals surface area contributed by atoms with E-state index in [0.29, 0.717) is 6.54 Å². The monoisotopic (exact) mass is 289 g/mol. The number of hydrogen-bond acceptors (Lipinski definition) is 1. The number of hydrogen-bond donors (Lipinski definition) is 1. The lowest BCUT2D eigenvalue weighted by molar-refractivity contribution is -0.0611. The normalized spacial score (nSPS) is 29.0. The second-order valence-corrected chi connectivity index (χ2v) is 5.46. The molecule has 1 aliphatic heterocycles. The second-order valence-electron chi connectivity index (χ2n) is 4.55. The van der Waals surface area contributed by atoms with Crippen LogP contribution >= 0.6 is 15.9 Å². The summed E-state index contributed by atoms with van der Waals surface area (Å²) in [4.78, 5) is 0. The summed E-state index contributed by atoms with van der Waals surface area (Å²) in [6, 6.07) is 7.54. The van der Waals surface area contributed by atoms with Gasteiger partial charge in [-0.15, -0.1) is 0 Å². The van der Waals surface area contributed by atoms with Crippen molar-refractivity contribution in [3.05, 3.63) is 34.3 Å². The van der Waals surface area contributed by atoms with E-state index in [9.17, 15) is 8.78 Å². The van der Waals surface area contributed by atoms with Gasteiger partial charge in [0.15, 0.2) is 0 Å². The predicted molar refractivity (Wildman–Crippen MR) is 63.7 cm³/mol. The van der Waals surface area contributed by atoms with Gasteiger partial charge < -0.3 is 5.32 Å². The number of piperidine rings is 1. The minimum absolute atomic E-state index is 0.0703. The van der Waals surface area contributed by atoms with Crippen LogP contribution in [0.1, 0.15) is 25.3 Å². The van der Waals surface area contributed by atoms with Crippen LogP contribution < -0.4 is 5.32 Å². The summed E-state index contributed by atoms with van der Waals surface area (Å²) in [5.74, 6) is -2.56. The number of halogens is 3. The summed E-state index contributed by atoms with van der Waals surface area (Å²) in [5, 5.41) is 3.19. The highest BCUT2D eigenvalue weighted by atomic mass is 79.9. The molecule has 1 N–H and O–H groups in total. The molecule has 0 aromatic heterocycles. The molecule has 0 aliphatic carbocycles. The van der Waals surface area contributed by atoms with Crippen LogP contribution in [0.15, 0.2) is 28.7 Å². The third kappa shape index (κ3) is 2.43. The lowest BCUT2D eigenvalue weighted by atomic mass is 9.82. The zero-order valence-electron chi connectivity index (χ0n) is 9.06. The molecule has 1 aromatic rings. The molecule has 1 aliphatic rings. The molecule has 0 spiro atoms. The fraction of sp³-hybridized carbons (Fsp3) is 0.500. The van der Waals surface area contributed by atoms with Crippen LogP contribution in [0.4, 0.5) is 8.78 Å². The van der Waals surface area contributed by atoms with Crippen LogP contribution in [0, 0.1) is 0 Å². The molecule has 4 heteroatoms. The Bertz CT molecular complexity index is 377. The van der Waals surface area contributed by atoms with E-state index < -0.39 is 11.5 Å². The van der Waals surface area contributed by atoms with Gasteiger partial charge in [-0.3, -0.25) is 0 Å². The average molecular weight is 290 g/mol. The molecule has 0 saturated carbocycles. The van der Waals surface area contributed by atoms with Gasteiger partial charge in [0.1, 0.15) is 0 Å². The van der Waals surface area contributed by atoms with E-state index in [2.05, 4.69) is 21.2 Å². The molecular weight excluding hydrogens is 276 g/mol. The predicted octanol–water partition coefficient (Wildman–Crippen LogP) is 3.68. The molecule has 0 radical (unpaired) electrons. The first kappa shape index (κ1) is 12.0. The summed E-state index contributed by atoms with van der Waals surface area (Å²) in [5.41, 5.74) is 0.290. The smallest absolute Gasteiger partial charge is 0.251 e. The van der Waals surface area contributed by atoms with Gasteiger partial charge in [0.2, 0.25) is 0 Å². The maximum absolute atomic E-state index is 13.4. The number of nitrogens with one attached hydrogen (secondary N) is 1. The standard InChI is InChI=1S/C12H14BrF2N/c1-11(8-12(14,15)6-7-16-11)9-2-4-10(13)5-3-9/h2-5,16H,6-8H2,1H3. The Kier molecular flexibility index (Phi) is 3.05. The Balaban J connectivity index is 2.27. The summed E-state index contributed by atoms with van der Waals surface area (Å²) >= 11 is 3.34.